The van der Waals surface area contributed by atoms with E-state index >= 15 is 0 Å². The Morgan fingerprint density at radius 1 is 0.848 bits per heavy atom. The number of rotatable bonds is 13. The van der Waals surface area contributed by atoms with Crippen LogP contribution in [0.5, 0.6) is 11.5 Å². The van der Waals surface area contributed by atoms with Crippen LogP contribution in [0.1, 0.15) is 22.3 Å². The Morgan fingerprint density at radius 3 is 2.09 bits per heavy atom. The molecule has 1 N–H and O–H groups in total. The summed E-state index contributed by atoms with van der Waals surface area (Å²) in [5.41, 5.74) is 3.38. The standard InChI is InChI=1S/C35H38ClN3O6S/c1-24-17-25(2)19-28(18-24)39(46(42,43)29-15-16-32(44-4)33(21-29)45-5)23-34(40)38(22-27-13-9-10-14-30(27)36)31(35(41)37-3)20-26-11-7-6-8-12-26/h6-19,21,31H,20,22-23H2,1-5H3,(H,37,41). The van der Waals surface area contributed by atoms with Gasteiger partial charge >= 0.3 is 0 Å². The molecule has 0 aromatic heterocycles. The van der Waals surface area contributed by atoms with E-state index in [0.717, 1.165) is 21.0 Å². The number of hydrogen-bond acceptors (Lipinski definition) is 6. The quantitative estimate of drug-likeness (QED) is 0.201. The average molecular weight is 664 g/mol. The molecule has 11 heteroatoms. The van der Waals surface area contributed by atoms with Crippen LogP contribution in [0.25, 0.3) is 0 Å². The second kappa shape index (κ2) is 15.2. The highest BCUT2D eigenvalue weighted by Gasteiger charge is 2.35. The van der Waals surface area contributed by atoms with Crippen LogP contribution in [-0.4, -0.2) is 59.0 Å². The van der Waals surface area contributed by atoms with Crippen molar-refractivity contribution in [2.45, 2.75) is 37.8 Å². The minimum absolute atomic E-state index is 0.0273. The van der Waals surface area contributed by atoms with Crippen LogP contribution in [0.4, 0.5) is 5.69 Å². The molecule has 0 bridgehead atoms. The molecule has 0 fully saturated rings. The summed E-state index contributed by atoms with van der Waals surface area (Å²) in [7, 11) is 0.0314. The molecule has 0 aliphatic carbocycles. The highest BCUT2D eigenvalue weighted by atomic mass is 35.5. The van der Waals surface area contributed by atoms with Gasteiger partial charge in [0, 0.05) is 31.1 Å². The van der Waals surface area contributed by atoms with Crippen LogP contribution >= 0.6 is 11.6 Å². The molecule has 2 amide bonds. The van der Waals surface area contributed by atoms with E-state index in [1.807, 2.05) is 50.2 Å². The smallest absolute Gasteiger partial charge is 0.264 e. The molecule has 0 heterocycles. The maximum absolute atomic E-state index is 14.5. The van der Waals surface area contributed by atoms with Gasteiger partial charge in [-0.1, -0.05) is 66.2 Å². The molecule has 0 spiro atoms. The number of carbonyl (C=O) groups is 2. The fourth-order valence-electron chi connectivity index (χ4n) is 5.26. The van der Waals surface area contributed by atoms with Crippen LogP contribution in [0.3, 0.4) is 0 Å². The van der Waals surface area contributed by atoms with Crippen molar-refractivity contribution in [1.29, 1.82) is 0 Å². The number of nitrogens with zero attached hydrogens (tertiary/aromatic N) is 2. The molecule has 242 valence electrons. The Kier molecular flexibility index (Phi) is 11.3. The third-order valence-corrected chi connectivity index (χ3v) is 9.67. The third-order valence-electron chi connectivity index (χ3n) is 7.53. The minimum atomic E-state index is -4.34. The predicted octanol–water partition coefficient (Wildman–Crippen LogP) is 5.56. The van der Waals surface area contributed by atoms with Crippen LogP contribution in [0.2, 0.25) is 5.02 Å². The topological polar surface area (TPSA) is 105 Å². The van der Waals surface area contributed by atoms with Gasteiger partial charge in [-0.3, -0.25) is 13.9 Å². The van der Waals surface area contributed by atoms with Gasteiger partial charge in [-0.2, -0.15) is 0 Å². The zero-order chi connectivity index (χ0) is 33.4. The number of hydrogen-bond donors (Lipinski definition) is 1. The van der Waals surface area contributed by atoms with Gasteiger partial charge in [0.05, 0.1) is 24.8 Å². The largest absolute Gasteiger partial charge is 0.493 e. The lowest BCUT2D eigenvalue weighted by Gasteiger charge is -2.34. The maximum atomic E-state index is 14.5. The van der Waals surface area contributed by atoms with E-state index in [1.54, 1.807) is 36.4 Å². The number of sulfonamides is 1. The van der Waals surface area contributed by atoms with E-state index in [4.69, 9.17) is 21.1 Å². The normalized spacial score (nSPS) is 11.8. The monoisotopic (exact) mass is 663 g/mol. The summed E-state index contributed by atoms with van der Waals surface area (Å²) >= 11 is 6.53. The van der Waals surface area contributed by atoms with Crippen molar-refractivity contribution in [3.63, 3.8) is 0 Å². The van der Waals surface area contributed by atoms with Crippen molar-refractivity contribution in [3.8, 4) is 11.5 Å². The molecule has 1 atom stereocenters. The molecule has 0 aliphatic rings. The summed E-state index contributed by atoms with van der Waals surface area (Å²) in [6.07, 6.45) is 0.197. The predicted molar refractivity (Wildman–Crippen MR) is 180 cm³/mol. The first-order valence-corrected chi connectivity index (χ1v) is 16.4. The Hall–Kier alpha value is -4.54. The molecule has 4 rings (SSSR count). The van der Waals surface area contributed by atoms with E-state index in [2.05, 4.69) is 5.32 Å². The molecule has 0 saturated heterocycles. The molecule has 0 radical (unpaired) electrons. The molecule has 4 aromatic carbocycles. The van der Waals surface area contributed by atoms with Crippen LogP contribution in [0, 0.1) is 13.8 Å². The van der Waals surface area contributed by atoms with Crippen LogP contribution < -0.4 is 19.1 Å². The fraction of sp³-hybridized carbons (Fsp3) is 0.257. The Morgan fingerprint density at radius 2 is 1.48 bits per heavy atom. The van der Waals surface area contributed by atoms with Gasteiger partial charge < -0.3 is 19.7 Å². The molecule has 4 aromatic rings. The lowest BCUT2D eigenvalue weighted by Crippen LogP contribution is -2.53. The van der Waals surface area contributed by atoms with Crippen molar-refractivity contribution >= 4 is 39.1 Å². The van der Waals surface area contributed by atoms with Gasteiger partial charge in [0.2, 0.25) is 11.8 Å². The third kappa shape index (κ3) is 7.99. The first kappa shape index (κ1) is 34.3. The van der Waals surface area contributed by atoms with E-state index < -0.39 is 34.4 Å². The van der Waals surface area contributed by atoms with Crippen LogP contribution in [0.15, 0.2) is 95.9 Å². The molecule has 46 heavy (non-hydrogen) atoms. The van der Waals surface area contributed by atoms with E-state index in [0.29, 0.717) is 22.0 Å². The lowest BCUT2D eigenvalue weighted by molar-refractivity contribution is -0.139. The highest BCUT2D eigenvalue weighted by molar-refractivity contribution is 7.92. The zero-order valence-electron chi connectivity index (χ0n) is 26.5. The first-order chi connectivity index (χ1) is 22.0. The lowest BCUT2D eigenvalue weighted by atomic mass is 10.0. The SMILES string of the molecule is CNC(=O)C(Cc1ccccc1)N(Cc1ccccc1Cl)C(=O)CN(c1cc(C)cc(C)c1)S(=O)(=O)c1ccc(OC)c(OC)c1. The summed E-state index contributed by atoms with van der Waals surface area (Å²) in [5.74, 6) is -0.411. The number of anilines is 1. The second-order valence-corrected chi connectivity index (χ2v) is 13.1. The molecule has 9 nitrogen and oxygen atoms in total. The summed E-state index contributed by atoms with van der Waals surface area (Å²) in [5, 5.41) is 3.09. The summed E-state index contributed by atoms with van der Waals surface area (Å²) in [4.78, 5) is 29.3. The number of likely N-dealkylation sites (N-methyl/N-ethyl adjacent to an activating group) is 1. The number of aryl methyl sites for hydroxylation is 2. The van der Waals surface area contributed by atoms with E-state index in [1.165, 1.54) is 44.4 Å². The second-order valence-electron chi connectivity index (χ2n) is 10.8. The van der Waals surface area contributed by atoms with Gasteiger partial charge in [-0.25, -0.2) is 8.42 Å². The van der Waals surface area contributed by atoms with Crippen molar-refractivity contribution in [1.82, 2.24) is 10.2 Å². The first-order valence-electron chi connectivity index (χ1n) is 14.6. The van der Waals surface area contributed by atoms with Crippen molar-refractivity contribution in [3.05, 3.63) is 118 Å². The van der Waals surface area contributed by atoms with Gasteiger partial charge in [-0.05, 0) is 66.4 Å². The number of methoxy groups -OCH3 is 2. The Balaban J connectivity index is 1.85. The van der Waals surface area contributed by atoms with E-state index in [9.17, 15) is 18.0 Å². The fourth-order valence-corrected chi connectivity index (χ4v) is 6.87. The molecule has 0 aliphatic heterocycles. The van der Waals surface area contributed by atoms with E-state index in [-0.39, 0.29) is 23.6 Å². The number of carbonyl (C=O) groups excluding carboxylic acids is 2. The van der Waals surface area contributed by atoms with Crippen molar-refractivity contribution in [2.24, 2.45) is 0 Å². The van der Waals surface area contributed by atoms with Gasteiger partial charge in [0.1, 0.15) is 12.6 Å². The van der Waals surface area contributed by atoms with Gasteiger partial charge in [0.25, 0.3) is 10.0 Å². The van der Waals surface area contributed by atoms with Crippen molar-refractivity contribution in [2.75, 3.05) is 32.1 Å². The van der Waals surface area contributed by atoms with Crippen molar-refractivity contribution < 1.29 is 27.5 Å². The Bertz CT molecular complexity index is 1780. The summed E-state index contributed by atoms with van der Waals surface area (Å²) < 4.78 is 40.6. The Labute approximate surface area is 275 Å². The molecular formula is C35H38ClN3O6S. The molecule has 1 unspecified atom stereocenters. The van der Waals surface area contributed by atoms with Gasteiger partial charge in [0.15, 0.2) is 11.5 Å². The summed E-state index contributed by atoms with van der Waals surface area (Å²) in [6, 6.07) is 25.0. The van der Waals surface area contributed by atoms with Crippen LogP contribution in [-0.2, 0) is 32.6 Å². The molecular weight excluding hydrogens is 626 g/mol. The zero-order valence-corrected chi connectivity index (χ0v) is 28.1. The van der Waals surface area contributed by atoms with Gasteiger partial charge in [-0.15, -0.1) is 0 Å². The average Bonchev–Trinajstić information content (AvgIpc) is 3.05. The minimum Gasteiger partial charge on any atom is -0.493 e. The number of nitrogens with one attached hydrogen (secondary N) is 1. The number of halogens is 1. The number of benzene rings is 4. The highest BCUT2D eigenvalue weighted by Crippen LogP contribution is 2.33. The molecule has 0 saturated carbocycles. The maximum Gasteiger partial charge on any atom is 0.264 e. The summed E-state index contributed by atoms with van der Waals surface area (Å²) in [6.45, 7) is 3.09. The number of amides is 2. The number of ether oxygens (including phenoxy) is 2.